The van der Waals surface area contributed by atoms with Crippen LogP contribution in [-0.2, 0) is 5.54 Å². The van der Waals surface area contributed by atoms with Crippen LogP contribution in [0.1, 0.15) is 20.8 Å². The molecular formula is C46H38N5+. The van der Waals surface area contributed by atoms with Gasteiger partial charge < -0.3 is 4.90 Å². The van der Waals surface area contributed by atoms with Crippen molar-refractivity contribution in [2.75, 3.05) is 4.90 Å². The van der Waals surface area contributed by atoms with Crippen LogP contribution >= 0.6 is 0 Å². The lowest BCUT2D eigenvalue weighted by atomic mass is 10.1. The van der Waals surface area contributed by atoms with Crippen molar-refractivity contribution in [3.05, 3.63) is 176 Å². The number of hydrogen-bond donors (Lipinski definition) is 0. The fraction of sp³-hybridized carbons (Fsp3) is 0.0870. The van der Waals surface area contributed by atoms with E-state index in [-0.39, 0.29) is 5.54 Å². The minimum atomic E-state index is -0.0676. The minimum absolute atomic E-state index is 0.0676. The Balaban J connectivity index is 1.24. The molecule has 0 fully saturated rings. The number of para-hydroxylation sites is 4. The summed E-state index contributed by atoms with van der Waals surface area (Å²) in [6.07, 6.45) is 4.15. The first kappa shape index (κ1) is 30.6. The van der Waals surface area contributed by atoms with Gasteiger partial charge >= 0.3 is 0 Å². The molecule has 3 heterocycles. The molecule has 0 aliphatic heterocycles. The van der Waals surface area contributed by atoms with Crippen molar-refractivity contribution in [3.8, 4) is 22.6 Å². The molecule has 3 aromatic heterocycles. The van der Waals surface area contributed by atoms with Crippen molar-refractivity contribution in [2.45, 2.75) is 26.3 Å². The van der Waals surface area contributed by atoms with Crippen LogP contribution in [-0.4, -0.2) is 18.7 Å². The van der Waals surface area contributed by atoms with E-state index >= 15 is 0 Å². The summed E-state index contributed by atoms with van der Waals surface area (Å²) < 4.78 is 6.97. The zero-order valence-corrected chi connectivity index (χ0v) is 29.0. The standard InChI is InChI=1S/C46H38N5/c1-46(2,3)49-32-48(42-23-12-13-24-43(42)49)36-19-14-20-37(30-36)50(35-17-8-5-9-18-35)38-25-26-40-39-21-10-11-22-41(39)51(44(40)31-38)45-29-34(27-28-47-45)33-15-6-4-7-16-33/h4-32H,1-3H3/q+1. The van der Waals surface area contributed by atoms with Gasteiger partial charge in [-0.15, -0.1) is 0 Å². The second-order valence-electron chi connectivity index (χ2n) is 14.0. The average molecular weight is 661 g/mol. The Labute approximate surface area is 297 Å². The van der Waals surface area contributed by atoms with Crippen LogP contribution in [0.5, 0.6) is 0 Å². The number of imidazole rings is 1. The molecular weight excluding hydrogens is 623 g/mol. The number of pyridine rings is 1. The molecule has 0 aliphatic rings. The molecule has 0 radical (unpaired) electrons. The quantitative estimate of drug-likeness (QED) is 0.166. The number of hydrogen-bond acceptors (Lipinski definition) is 2. The van der Waals surface area contributed by atoms with E-state index in [0.717, 1.165) is 45.2 Å². The Morgan fingerprint density at radius 3 is 1.94 bits per heavy atom. The van der Waals surface area contributed by atoms with E-state index in [2.05, 4.69) is 209 Å². The summed E-state index contributed by atoms with van der Waals surface area (Å²) in [4.78, 5) is 7.28. The minimum Gasteiger partial charge on any atom is -0.309 e. The fourth-order valence-electron chi connectivity index (χ4n) is 7.35. The molecule has 0 saturated heterocycles. The number of nitrogens with zero attached hydrogens (tertiary/aromatic N) is 5. The zero-order valence-electron chi connectivity index (χ0n) is 29.0. The van der Waals surface area contributed by atoms with Gasteiger partial charge in [-0.25, -0.2) is 9.55 Å². The lowest BCUT2D eigenvalue weighted by molar-refractivity contribution is 0.406. The maximum absolute atomic E-state index is 4.93. The van der Waals surface area contributed by atoms with Gasteiger partial charge in [0.2, 0.25) is 0 Å². The van der Waals surface area contributed by atoms with Crippen molar-refractivity contribution >= 4 is 49.9 Å². The van der Waals surface area contributed by atoms with E-state index in [1.165, 1.54) is 27.4 Å². The van der Waals surface area contributed by atoms with Gasteiger partial charge in [0.05, 0.1) is 22.3 Å². The highest BCUT2D eigenvalue weighted by molar-refractivity contribution is 6.10. The summed E-state index contributed by atoms with van der Waals surface area (Å²) in [6.45, 7) is 6.75. The highest BCUT2D eigenvalue weighted by Gasteiger charge is 2.25. The van der Waals surface area contributed by atoms with Gasteiger partial charge in [0.1, 0.15) is 11.5 Å². The topological polar surface area (TPSA) is 30.9 Å². The molecule has 0 aliphatic carbocycles. The normalized spacial score (nSPS) is 11.8. The molecule has 9 aromatic rings. The first-order valence-electron chi connectivity index (χ1n) is 17.5. The van der Waals surface area contributed by atoms with E-state index in [4.69, 9.17) is 4.98 Å². The zero-order chi connectivity index (χ0) is 34.5. The molecule has 5 nitrogen and oxygen atoms in total. The van der Waals surface area contributed by atoms with Gasteiger partial charge in [0.25, 0.3) is 0 Å². The van der Waals surface area contributed by atoms with E-state index in [1.54, 1.807) is 0 Å². The Bertz CT molecular complexity index is 2680. The highest BCUT2D eigenvalue weighted by atomic mass is 15.2. The number of fused-ring (bicyclic) bond motifs is 4. The summed E-state index contributed by atoms with van der Waals surface area (Å²) in [7, 11) is 0. The number of benzene rings is 6. The SMILES string of the molecule is CC(C)(C)n1[cH+]n(-c2cccc(N(c3ccccc3)c3ccc4c5ccccc5n(-c5cc(-c6ccccc6)ccn5)c4c3)c2)c2ccccc21. The van der Waals surface area contributed by atoms with Crippen LogP contribution in [0.4, 0.5) is 17.1 Å². The molecule has 0 atom stereocenters. The first-order chi connectivity index (χ1) is 24.9. The molecule has 0 N–H and O–H groups in total. The van der Waals surface area contributed by atoms with E-state index in [9.17, 15) is 0 Å². The third-order valence-corrected chi connectivity index (χ3v) is 9.73. The first-order valence-corrected chi connectivity index (χ1v) is 17.5. The van der Waals surface area contributed by atoms with Crippen molar-refractivity contribution < 1.29 is 0 Å². The lowest BCUT2D eigenvalue weighted by Crippen LogP contribution is -2.20. The molecule has 246 valence electrons. The van der Waals surface area contributed by atoms with Crippen LogP contribution < -0.4 is 4.90 Å². The Hall–Kier alpha value is -6.46. The molecule has 5 heteroatoms. The van der Waals surface area contributed by atoms with Crippen molar-refractivity contribution in [1.29, 1.82) is 0 Å². The Morgan fingerprint density at radius 2 is 1.16 bits per heavy atom. The molecule has 0 bridgehead atoms. The third kappa shape index (κ3) is 5.35. The van der Waals surface area contributed by atoms with Crippen LogP contribution in [0.15, 0.2) is 176 Å². The van der Waals surface area contributed by atoms with Crippen molar-refractivity contribution in [2.24, 2.45) is 0 Å². The maximum Gasteiger partial charge on any atom is 0.191 e. The predicted octanol–water partition coefficient (Wildman–Crippen LogP) is 12.1. The van der Waals surface area contributed by atoms with Gasteiger partial charge in [0.15, 0.2) is 17.4 Å². The largest absolute Gasteiger partial charge is 0.309 e. The second-order valence-corrected chi connectivity index (χ2v) is 14.0. The van der Waals surface area contributed by atoms with Crippen LogP contribution in [0.25, 0.3) is 55.5 Å². The van der Waals surface area contributed by atoms with Gasteiger partial charge in [-0.2, -0.15) is 4.57 Å². The van der Waals surface area contributed by atoms with Crippen LogP contribution in [0.2, 0.25) is 0 Å². The van der Waals surface area contributed by atoms with Gasteiger partial charge in [-0.05, 0) is 98.6 Å². The lowest BCUT2D eigenvalue weighted by Gasteiger charge is -2.25. The molecule has 0 amide bonds. The van der Waals surface area contributed by atoms with Gasteiger partial charge in [0, 0.05) is 52.6 Å². The summed E-state index contributed by atoms with van der Waals surface area (Å²) in [5.74, 6) is 0.889. The van der Waals surface area contributed by atoms with Gasteiger partial charge in [-0.1, -0.05) is 72.8 Å². The number of anilines is 3. The Kier molecular flexibility index (Phi) is 7.29. The predicted molar refractivity (Wildman–Crippen MR) is 213 cm³/mol. The Morgan fingerprint density at radius 1 is 0.510 bits per heavy atom. The molecule has 0 spiro atoms. The summed E-state index contributed by atoms with van der Waals surface area (Å²) in [6, 6.07) is 58.3. The highest BCUT2D eigenvalue weighted by Crippen LogP contribution is 2.40. The maximum atomic E-state index is 4.93. The smallest absolute Gasteiger partial charge is 0.191 e. The number of rotatable bonds is 6. The van der Waals surface area contributed by atoms with E-state index in [0.29, 0.717) is 0 Å². The molecule has 0 saturated carbocycles. The van der Waals surface area contributed by atoms with E-state index in [1.807, 2.05) is 6.20 Å². The molecule has 0 unspecified atom stereocenters. The molecule has 51 heavy (non-hydrogen) atoms. The van der Waals surface area contributed by atoms with Gasteiger partial charge in [-0.3, -0.25) is 4.57 Å². The number of aromatic nitrogens is 4. The van der Waals surface area contributed by atoms with Crippen LogP contribution in [0.3, 0.4) is 0 Å². The second kappa shape index (κ2) is 12.1. The average Bonchev–Trinajstić information content (AvgIpc) is 3.73. The van der Waals surface area contributed by atoms with Crippen molar-refractivity contribution in [3.63, 3.8) is 0 Å². The fourth-order valence-corrected chi connectivity index (χ4v) is 7.35. The summed E-state index contributed by atoms with van der Waals surface area (Å²) in [5.41, 5.74) is 11.2. The van der Waals surface area contributed by atoms with Crippen molar-refractivity contribution in [1.82, 2.24) is 18.7 Å². The monoisotopic (exact) mass is 660 g/mol. The third-order valence-electron chi connectivity index (χ3n) is 9.73. The molecule has 9 rings (SSSR count). The summed E-state index contributed by atoms with van der Waals surface area (Å²) in [5, 5.41) is 2.39. The van der Waals surface area contributed by atoms with E-state index < -0.39 is 0 Å². The molecule has 6 aromatic carbocycles. The summed E-state index contributed by atoms with van der Waals surface area (Å²) >= 11 is 0. The van der Waals surface area contributed by atoms with Crippen LogP contribution in [0, 0.1) is 0 Å².